The van der Waals surface area contributed by atoms with E-state index in [1.807, 2.05) is 42.5 Å². The number of hydrogen-bond acceptors (Lipinski definition) is 5. The Labute approximate surface area is 201 Å². The molecule has 0 atom stereocenters. The second kappa shape index (κ2) is 8.95. The van der Waals surface area contributed by atoms with E-state index < -0.39 is 17.6 Å². The Kier molecular flexibility index (Phi) is 5.66. The molecule has 1 aliphatic rings. The molecule has 6 nitrogen and oxygen atoms in total. The van der Waals surface area contributed by atoms with Gasteiger partial charge < -0.3 is 14.8 Å². The SMILES string of the molecule is COc1ccc(C2=C(Nc3cccc4ccccc34)C(=O)N(c3ccccc3F)C2=O)cc1OC. The average molecular weight is 468 g/mol. The highest BCUT2D eigenvalue weighted by atomic mass is 19.1. The lowest BCUT2D eigenvalue weighted by Gasteiger charge is -2.16. The van der Waals surface area contributed by atoms with Crippen molar-refractivity contribution in [2.45, 2.75) is 0 Å². The number of nitrogens with zero attached hydrogens (tertiary/aromatic N) is 1. The number of carbonyl (C=O) groups excluding carboxylic acids is 2. The van der Waals surface area contributed by atoms with Gasteiger partial charge in [-0.25, -0.2) is 9.29 Å². The number of amides is 2. The van der Waals surface area contributed by atoms with Gasteiger partial charge in [-0.15, -0.1) is 0 Å². The van der Waals surface area contributed by atoms with Crippen molar-refractivity contribution in [2.75, 3.05) is 24.4 Å². The van der Waals surface area contributed by atoms with Crippen LogP contribution in [0.3, 0.4) is 0 Å². The van der Waals surface area contributed by atoms with Crippen LogP contribution in [0.1, 0.15) is 5.56 Å². The predicted octanol–water partition coefficient (Wildman–Crippen LogP) is 5.39. The number of imide groups is 1. The van der Waals surface area contributed by atoms with Crippen LogP contribution in [0.4, 0.5) is 15.8 Å². The van der Waals surface area contributed by atoms with Crippen LogP contribution in [0.15, 0.2) is 90.6 Å². The molecular weight excluding hydrogens is 447 g/mol. The number of methoxy groups -OCH3 is 2. The summed E-state index contributed by atoms with van der Waals surface area (Å²) in [5.41, 5.74) is 1.11. The van der Waals surface area contributed by atoms with Crippen molar-refractivity contribution in [1.82, 2.24) is 0 Å². The Balaban J connectivity index is 1.69. The normalized spacial score (nSPS) is 13.5. The lowest BCUT2D eigenvalue weighted by atomic mass is 10.0. The number of ether oxygens (including phenoxy) is 2. The lowest BCUT2D eigenvalue weighted by Crippen LogP contribution is -2.33. The van der Waals surface area contributed by atoms with E-state index in [2.05, 4.69) is 5.32 Å². The highest BCUT2D eigenvalue weighted by Crippen LogP contribution is 2.38. The van der Waals surface area contributed by atoms with E-state index in [1.165, 1.54) is 32.4 Å². The molecule has 0 aromatic heterocycles. The number of halogens is 1. The molecule has 4 aromatic rings. The van der Waals surface area contributed by atoms with Crippen LogP contribution in [-0.2, 0) is 9.59 Å². The zero-order chi connectivity index (χ0) is 24.5. The van der Waals surface area contributed by atoms with Crippen LogP contribution in [0, 0.1) is 5.82 Å². The molecule has 0 fully saturated rings. The minimum absolute atomic E-state index is 0.0434. The van der Waals surface area contributed by atoms with Crippen molar-refractivity contribution < 1.29 is 23.5 Å². The van der Waals surface area contributed by atoms with Crippen LogP contribution in [0.25, 0.3) is 16.3 Å². The van der Waals surface area contributed by atoms with Gasteiger partial charge in [0.1, 0.15) is 11.5 Å². The van der Waals surface area contributed by atoms with E-state index in [0.717, 1.165) is 15.7 Å². The van der Waals surface area contributed by atoms with Crippen LogP contribution in [0.5, 0.6) is 11.5 Å². The van der Waals surface area contributed by atoms with E-state index in [4.69, 9.17) is 9.47 Å². The van der Waals surface area contributed by atoms with Crippen LogP contribution >= 0.6 is 0 Å². The number of benzene rings is 4. The maximum absolute atomic E-state index is 14.7. The maximum atomic E-state index is 14.7. The zero-order valence-electron chi connectivity index (χ0n) is 19.0. The molecule has 7 heteroatoms. The predicted molar refractivity (Wildman–Crippen MR) is 133 cm³/mol. The summed E-state index contributed by atoms with van der Waals surface area (Å²) >= 11 is 0. The van der Waals surface area contributed by atoms with E-state index in [-0.39, 0.29) is 17.0 Å². The number of para-hydroxylation sites is 1. The number of rotatable bonds is 6. The summed E-state index contributed by atoms with van der Waals surface area (Å²) in [6, 6.07) is 24.0. The van der Waals surface area contributed by atoms with Crippen molar-refractivity contribution in [3.8, 4) is 11.5 Å². The molecule has 5 rings (SSSR count). The summed E-state index contributed by atoms with van der Waals surface area (Å²) in [5, 5.41) is 5.01. The third kappa shape index (κ3) is 3.77. The number of hydrogen-bond donors (Lipinski definition) is 1. The third-order valence-corrected chi connectivity index (χ3v) is 5.90. The van der Waals surface area contributed by atoms with Gasteiger partial charge >= 0.3 is 0 Å². The second-order valence-electron chi connectivity index (χ2n) is 7.87. The number of fused-ring (bicyclic) bond motifs is 1. The molecule has 0 aliphatic carbocycles. The average Bonchev–Trinajstić information content (AvgIpc) is 3.13. The quantitative estimate of drug-likeness (QED) is 0.384. The number of anilines is 2. The van der Waals surface area contributed by atoms with Crippen molar-refractivity contribution in [1.29, 1.82) is 0 Å². The highest BCUT2D eigenvalue weighted by molar-refractivity contribution is 6.46. The first-order valence-electron chi connectivity index (χ1n) is 10.9. The summed E-state index contributed by atoms with van der Waals surface area (Å²) in [7, 11) is 2.99. The van der Waals surface area contributed by atoms with Crippen LogP contribution < -0.4 is 19.7 Å². The highest BCUT2D eigenvalue weighted by Gasteiger charge is 2.41. The molecule has 1 aliphatic heterocycles. The van der Waals surface area contributed by atoms with Crippen LogP contribution in [-0.4, -0.2) is 26.0 Å². The van der Waals surface area contributed by atoms with E-state index in [1.54, 1.807) is 24.3 Å². The fraction of sp³-hybridized carbons (Fsp3) is 0.0714. The molecule has 0 saturated heterocycles. The van der Waals surface area contributed by atoms with Crippen LogP contribution in [0.2, 0.25) is 0 Å². The molecule has 0 saturated carbocycles. The number of carbonyl (C=O) groups is 2. The van der Waals surface area contributed by atoms with Gasteiger partial charge in [0.25, 0.3) is 11.8 Å². The summed E-state index contributed by atoms with van der Waals surface area (Å²) in [5.74, 6) is -1.10. The molecule has 1 N–H and O–H groups in total. The molecule has 174 valence electrons. The van der Waals surface area contributed by atoms with Crippen molar-refractivity contribution >= 4 is 39.5 Å². The van der Waals surface area contributed by atoms with Gasteiger partial charge in [0.15, 0.2) is 11.5 Å². The first kappa shape index (κ1) is 22.2. The smallest absolute Gasteiger partial charge is 0.282 e. The molecule has 0 radical (unpaired) electrons. The van der Waals surface area contributed by atoms with Gasteiger partial charge in [-0.2, -0.15) is 0 Å². The fourth-order valence-corrected chi connectivity index (χ4v) is 4.23. The fourth-order valence-electron chi connectivity index (χ4n) is 4.23. The van der Waals surface area contributed by atoms with Gasteiger partial charge in [0.05, 0.1) is 25.5 Å². The summed E-state index contributed by atoms with van der Waals surface area (Å²) in [4.78, 5) is 28.1. The maximum Gasteiger partial charge on any atom is 0.282 e. The molecule has 0 unspecified atom stereocenters. The summed E-state index contributed by atoms with van der Waals surface area (Å²) in [6.45, 7) is 0. The zero-order valence-corrected chi connectivity index (χ0v) is 19.0. The topological polar surface area (TPSA) is 67.9 Å². The van der Waals surface area contributed by atoms with Crippen molar-refractivity contribution in [2.24, 2.45) is 0 Å². The standard InChI is InChI=1S/C28H21FN2O4/c1-34-23-15-14-18(16-24(23)35-2)25-26(30-21-12-7-9-17-8-3-4-10-19(17)21)28(33)31(27(25)32)22-13-6-5-11-20(22)29/h3-16,30H,1-2H3. The molecule has 2 amide bonds. The molecular formula is C28H21FN2O4. The summed E-state index contributed by atoms with van der Waals surface area (Å²) in [6.07, 6.45) is 0. The van der Waals surface area contributed by atoms with Gasteiger partial charge in [-0.05, 0) is 41.3 Å². The minimum atomic E-state index is -0.674. The largest absolute Gasteiger partial charge is 0.493 e. The molecule has 4 aromatic carbocycles. The minimum Gasteiger partial charge on any atom is -0.493 e. The third-order valence-electron chi connectivity index (χ3n) is 5.90. The van der Waals surface area contributed by atoms with Gasteiger partial charge in [-0.3, -0.25) is 9.59 Å². The molecule has 0 spiro atoms. The Morgan fingerprint density at radius 1 is 0.771 bits per heavy atom. The Bertz CT molecular complexity index is 1510. The van der Waals surface area contributed by atoms with Gasteiger partial charge in [-0.1, -0.05) is 54.6 Å². The summed E-state index contributed by atoms with van der Waals surface area (Å²) < 4.78 is 25.4. The van der Waals surface area contributed by atoms with Gasteiger partial charge in [0, 0.05) is 11.1 Å². The van der Waals surface area contributed by atoms with Crippen molar-refractivity contribution in [3.63, 3.8) is 0 Å². The Hall–Kier alpha value is -4.65. The molecule has 1 heterocycles. The molecule has 0 bridgehead atoms. The van der Waals surface area contributed by atoms with E-state index in [9.17, 15) is 14.0 Å². The van der Waals surface area contributed by atoms with Gasteiger partial charge in [0.2, 0.25) is 0 Å². The Morgan fingerprint density at radius 2 is 1.49 bits per heavy atom. The first-order chi connectivity index (χ1) is 17.0. The lowest BCUT2D eigenvalue weighted by molar-refractivity contribution is -0.120. The Morgan fingerprint density at radius 3 is 2.26 bits per heavy atom. The molecule has 35 heavy (non-hydrogen) atoms. The second-order valence-corrected chi connectivity index (χ2v) is 7.87. The van der Waals surface area contributed by atoms with Crippen molar-refractivity contribution in [3.05, 3.63) is 102 Å². The number of nitrogens with one attached hydrogen (secondary N) is 1. The monoisotopic (exact) mass is 468 g/mol. The van der Waals surface area contributed by atoms with E-state index >= 15 is 0 Å². The van der Waals surface area contributed by atoms with E-state index in [0.29, 0.717) is 22.7 Å². The first-order valence-corrected chi connectivity index (χ1v) is 10.9.